The van der Waals surface area contributed by atoms with E-state index in [1.54, 1.807) is 13.3 Å². The lowest BCUT2D eigenvalue weighted by molar-refractivity contribution is 0.414. The topological polar surface area (TPSA) is 76.9 Å². The van der Waals surface area contributed by atoms with Crippen LogP contribution in [0.15, 0.2) is 67.0 Å². The van der Waals surface area contributed by atoms with Gasteiger partial charge in [-0.05, 0) is 29.8 Å². The Morgan fingerprint density at radius 1 is 1.15 bits per heavy atom. The summed E-state index contributed by atoms with van der Waals surface area (Å²) in [6.45, 7) is 0.627. The maximum atomic E-state index is 9.57. The predicted octanol–water partition coefficient (Wildman–Crippen LogP) is 4.21. The number of nitrogen functional groups attached to an aromatic ring is 1. The van der Waals surface area contributed by atoms with Gasteiger partial charge < -0.3 is 15.0 Å². The number of nitriles is 1. The molecule has 2 aromatic heterocycles. The van der Waals surface area contributed by atoms with Crippen molar-refractivity contribution in [3.05, 3.63) is 78.1 Å². The second kappa shape index (κ2) is 6.85. The molecule has 0 aliphatic rings. The van der Waals surface area contributed by atoms with Crippen molar-refractivity contribution in [1.82, 2.24) is 9.55 Å². The van der Waals surface area contributed by atoms with Crippen LogP contribution in [0.1, 0.15) is 11.1 Å². The minimum Gasteiger partial charge on any atom is -0.497 e. The molecule has 0 unspecified atom stereocenters. The molecule has 0 aliphatic heterocycles. The van der Waals surface area contributed by atoms with Crippen LogP contribution in [0.4, 0.5) is 5.69 Å². The van der Waals surface area contributed by atoms with Crippen molar-refractivity contribution in [2.45, 2.75) is 6.54 Å². The summed E-state index contributed by atoms with van der Waals surface area (Å²) in [5, 5.41) is 10.4. The first kappa shape index (κ1) is 16.7. The number of anilines is 1. The number of fused-ring (bicyclic) bond motifs is 1. The number of hydrogen-bond acceptors (Lipinski definition) is 4. The van der Waals surface area contributed by atoms with Crippen LogP contribution < -0.4 is 10.5 Å². The number of pyridine rings is 1. The van der Waals surface area contributed by atoms with Crippen LogP contribution in [0.2, 0.25) is 0 Å². The summed E-state index contributed by atoms with van der Waals surface area (Å²) in [5.74, 6) is 0.817. The number of para-hydroxylation sites is 1. The molecule has 0 bridgehead atoms. The Labute approximate surface area is 157 Å². The summed E-state index contributed by atoms with van der Waals surface area (Å²) in [4.78, 5) is 4.63. The quantitative estimate of drug-likeness (QED) is 0.557. The molecule has 2 aromatic carbocycles. The van der Waals surface area contributed by atoms with Crippen LogP contribution in [0, 0.1) is 11.3 Å². The lowest BCUT2D eigenvalue weighted by atomic mass is 10.0. The Hall–Kier alpha value is -3.78. The van der Waals surface area contributed by atoms with Crippen molar-refractivity contribution in [3.8, 4) is 22.9 Å². The highest BCUT2D eigenvalue weighted by Gasteiger charge is 2.12. The van der Waals surface area contributed by atoms with Crippen LogP contribution in [-0.4, -0.2) is 16.7 Å². The first-order valence-corrected chi connectivity index (χ1v) is 8.56. The van der Waals surface area contributed by atoms with E-state index in [9.17, 15) is 5.26 Å². The molecule has 0 saturated heterocycles. The first-order valence-electron chi connectivity index (χ1n) is 8.56. The molecule has 0 radical (unpaired) electrons. The van der Waals surface area contributed by atoms with E-state index in [0.717, 1.165) is 33.5 Å². The molecule has 132 valence electrons. The van der Waals surface area contributed by atoms with Gasteiger partial charge >= 0.3 is 0 Å². The number of nitrogens with two attached hydrogens (primary N) is 1. The number of ether oxygens (including phenoxy) is 1. The number of benzene rings is 2. The minimum absolute atomic E-state index is 0.599. The Morgan fingerprint density at radius 3 is 2.63 bits per heavy atom. The fourth-order valence-electron chi connectivity index (χ4n) is 3.22. The molecule has 2 heterocycles. The summed E-state index contributed by atoms with van der Waals surface area (Å²) < 4.78 is 7.20. The van der Waals surface area contributed by atoms with Gasteiger partial charge in [0.15, 0.2) is 0 Å². The van der Waals surface area contributed by atoms with E-state index >= 15 is 0 Å². The van der Waals surface area contributed by atoms with Crippen molar-refractivity contribution in [2.75, 3.05) is 12.8 Å². The molecule has 0 saturated carbocycles. The lowest BCUT2D eigenvalue weighted by Gasteiger charge is -2.08. The van der Waals surface area contributed by atoms with Crippen molar-refractivity contribution in [1.29, 1.82) is 5.26 Å². The molecule has 27 heavy (non-hydrogen) atoms. The highest BCUT2D eigenvalue weighted by Crippen LogP contribution is 2.29. The number of nitrogens with zero attached hydrogens (tertiary/aromatic N) is 3. The molecule has 2 N–H and O–H groups in total. The van der Waals surface area contributed by atoms with Crippen molar-refractivity contribution >= 4 is 16.7 Å². The van der Waals surface area contributed by atoms with Crippen LogP contribution in [-0.2, 0) is 6.54 Å². The van der Waals surface area contributed by atoms with Gasteiger partial charge in [0, 0.05) is 41.1 Å². The Kier molecular flexibility index (Phi) is 4.23. The molecule has 4 aromatic rings. The molecule has 0 fully saturated rings. The highest BCUT2D eigenvalue weighted by atomic mass is 16.5. The zero-order chi connectivity index (χ0) is 18.8. The standard InChI is InChI=1S/C22H18N4O/c1-27-18-8-6-15(7-9-18)13-26-14-17(11-23)20-10-16(12-25-22(20)26)19-4-2-3-5-21(19)24/h2-10,12,14H,13,24H2,1H3. The summed E-state index contributed by atoms with van der Waals surface area (Å²) in [6.07, 6.45) is 3.65. The smallest absolute Gasteiger partial charge is 0.141 e. The van der Waals surface area contributed by atoms with Crippen LogP contribution in [0.3, 0.4) is 0 Å². The number of hydrogen-bond donors (Lipinski definition) is 1. The Bertz CT molecular complexity index is 1150. The summed E-state index contributed by atoms with van der Waals surface area (Å²) in [5.41, 5.74) is 11.1. The second-order valence-electron chi connectivity index (χ2n) is 6.31. The monoisotopic (exact) mass is 354 g/mol. The minimum atomic E-state index is 0.599. The zero-order valence-corrected chi connectivity index (χ0v) is 14.9. The van der Waals surface area contributed by atoms with E-state index in [1.807, 2.05) is 65.4 Å². The van der Waals surface area contributed by atoms with Gasteiger partial charge in [-0.25, -0.2) is 4.98 Å². The fourth-order valence-corrected chi connectivity index (χ4v) is 3.22. The second-order valence-corrected chi connectivity index (χ2v) is 6.31. The number of rotatable bonds is 4. The molecule has 4 rings (SSSR count). The van der Waals surface area contributed by atoms with E-state index < -0.39 is 0 Å². The summed E-state index contributed by atoms with van der Waals surface area (Å²) >= 11 is 0. The van der Waals surface area contributed by atoms with E-state index in [-0.39, 0.29) is 0 Å². The van der Waals surface area contributed by atoms with E-state index in [4.69, 9.17) is 10.5 Å². The average Bonchev–Trinajstić information content (AvgIpc) is 3.06. The summed E-state index contributed by atoms with van der Waals surface area (Å²) in [6, 6.07) is 19.8. The highest BCUT2D eigenvalue weighted by molar-refractivity contribution is 5.89. The Balaban J connectivity index is 1.77. The van der Waals surface area contributed by atoms with Crippen LogP contribution in [0.5, 0.6) is 5.75 Å². The van der Waals surface area contributed by atoms with Gasteiger partial charge in [0.25, 0.3) is 0 Å². The average molecular weight is 354 g/mol. The van der Waals surface area contributed by atoms with E-state index in [2.05, 4.69) is 11.1 Å². The molecule has 5 nitrogen and oxygen atoms in total. The van der Waals surface area contributed by atoms with Crippen molar-refractivity contribution in [3.63, 3.8) is 0 Å². The lowest BCUT2D eigenvalue weighted by Crippen LogP contribution is -1.99. The third-order valence-electron chi connectivity index (χ3n) is 4.62. The normalized spacial score (nSPS) is 10.7. The first-order chi connectivity index (χ1) is 13.2. The van der Waals surface area contributed by atoms with Gasteiger partial charge in [-0.2, -0.15) is 5.26 Å². The third-order valence-corrected chi connectivity index (χ3v) is 4.62. The van der Waals surface area contributed by atoms with E-state index in [1.165, 1.54) is 0 Å². The van der Waals surface area contributed by atoms with Gasteiger partial charge in [0.2, 0.25) is 0 Å². The molecule has 0 aliphatic carbocycles. The zero-order valence-electron chi connectivity index (χ0n) is 14.9. The van der Waals surface area contributed by atoms with Crippen molar-refractivity contribution in [2.24, 2.45) is 0 Å². The van der Waals surface area contributed by atoms with Gasteiger partial charge in [0.05, 0.1) is 12.7 Å². The molecule has 0 spiro atoms. The van der Waals surface area contributed by atoms with Crippen LogP contribution in [0.25, 0.3) is 22.2 Å². The summed E-state index contributed by atoms with van der Waals surface area (Å²) in [7, 11) is 1.65. The largest absolute Gasteiger partial charge is 0.497 e. The third kappa shape index (κ3) is 3.09. The van der Waals surface area contributed by atoms with Gasteiger partial charge in [-0.15, -0.1) is 0 Å². The van der Waals surface area contributed by atoms with Gasteiger partial charge in [0.1, 0.15) is 17.5 Å². The molecule has 5 heteroatoms. The number of aromatic nitrogens is 2. The maximum Gasteiger partial charge on any atom is 0.141 e. The van der Waals surface area contributed by atoms with Crippen molar-refractivity contribution < 1.29 is 4.74 Å². The predicted molar refractivity (Wildman–Crippen MR) is 106 cm³/mol. The molecular weight excluding hydrogens is 336 g/mol. The Morgan fingerprint density at radius 2 is 1.93 bits per heavy atom. The van der Waals surface area contributed by atoms with Crippen LogP contribution >= 0.6 is 0 Å². The molecule has 0 amide bonds. The molecule has 0 atom stereocenters. The van der Waals surface area contributed by atoms with E-state index in [0.29, 0.717) is 17.8 Å². The van der Waals surface area contributed by atoms with Gasteiger partial charge in [-0.3, -0.25) is 0 Å². The SMILES string of the molecule is COc1ccc(Cn2cc(C#N)c3cc(-c4ccccc4N)cnc32)cc1. The maximum absolute atomic E-state index is 9.57. The fraction of sp³-hybridized carbons (Fsp3) is 0.0909. The van der Waals surface area contributed by atoms with Gasteiger partial charge in [-0.1, -0.05) is 30.3 Å². The number of methoxy groups -OCH3 is 1. The molecular formula is C22H18N4O.